The van der Waals surface area contributed by atoms with Gasteiger partial charge >= 0.3 is 0 Å². The van der Waals surface area contributed by atoms with Gasteiger partial charge in [-0.15, -0.1) is 0 Å². The summed E-state index contributed by atoms with van der Waals surface area (Å²) in [5.41, 5.74) is 2.34. The van der Waals surface area contributed by atoms with Crippen molar-refractivity contribution in [3.8, 4) is 11.4 Å². The quantitative estimate of drug-likeness (QED) is 0.548. The van der Waals surface area contributed by atoms with Gasteiger partial charge in [0.05, 0.1) is 31.0 Å². The van der Waals surface area contributed by atoms with Crippen molar-refractivity contribution in [3.63, 3.8) is 0 Å². The molecule has 190 valence electrons. The highest BCUT2D eigenvalue weighted by Crippen LogP contribution is 2.17. The summed E-state index contributed by atoms with van der Waals surface area (Å²) in [6.45, 7) is 5.91. The number of benzene rings is 2. The van der Waals surface area contributed by atoms with Crippen molar-refractivity contribution < 1.29 is 14.3 Å². The highest BCUT2D eigenvalue weighted by molar-refractivity contribution is 5.95. The van der Waals surface area contributed by atoms with Crippen LogP contribution in [0.4, 0.5) is 5.69 Å². The fourth-order valence-corrected chi connectivity index (χ4v) is 4.53. The monoisotopic (exact) mass is 491 g/mol. The average Bonchev–Trinajstić information content (AvgIpc) is 3.11. The molecule has 2 amide bonds. The molecule has 0 spiro atoms. The molecule has 1 saturated heterocycles. The van der Waals surface area contributed by atoms with Crippen LogP contribution < -0.4 is 15.6 Å². The summed E-state index contributed by atoms with van der Waals surface area (Å²) in [6.07, 6.45) is 0.314. The maximum Gasteiger partial charge on any atom is 0.295 e. The first-order chi connectivity index (χ1) is 17.3. The van der Waals surface area contributed by atoms with E-state index >= 15 is 0 Å². The molecular weight excluding hydrogens is 458 g/mol. The Morgan fingerprint density at radius 1 is 1.03 bits per heavy atom. The lowest BCUT2D eigenvalue weighted by Crippen LogP contribution is -2.54. The van der Waals surface area contributed by atoms with E-state index in [1.807, 2.05) is 78.2 Å². The molecule has 36 heavy (non-hydrogen) atoms. The highest BCUT2D eigenvalue weighted by atomic mass is 16.5. The summed E-state index contributed by atoms with van der Waals surface area (Å²) in [5.74, 6) is 0.549. The molecular formula is C27H33N5O4. The Kier molecular flexibility index (Phi) is 7.59. The Bertz CT molecular complexity index is 1290. The van der Waals surface area contributed by atoms with E-state index in [1.165, 1.54) is 0 Å². The molecule has 0 aliphatic carbocycles. The molecule has 3 aromatic rings. The van der Waals surface area contributed by atoms with Gasteiger partial charge in [0, 0.05) is 33.2 Å². The lowest BCUT2D eigenvalue weighted by Gasteiger charge is -2.37. The lowest BCUT2D eigenvalue weighted by atomic mass is 10.1. The Morgan fingerprint density at radius 3 is 2.39 bits per heavy atom. The van der Waals surface area contributed by atoms with Crippen molar-refractivity contribution in [2.75, 3.05) is 38.6 Å². The summed E-state index contributed by atoms with van der Waals surface area (Å²) in [5, 5.41) is 2.86. The number of carbonyl (C=O) groups is 2. The minimum atomic E-state index is -0.440. The number of amides is 2. The molecule has 0 bridgehead atoms. The van der Waals surface area contributed by atoms with Gasteiger partial charge in [0.2, 0.25) is 11.8 Å². The maximum absolute atomic E-state index is 13.1. The average molecular weight is 492 g/mol. The third-order valence-corrected chi connectivity index (χ3v) is 6.89. The molecule has 1 aliphatic heterocycles. The lowest BCUT2D eigenvalue weighted by molar-refractivity contribution is -0.133. The smallest absolute Gasteiger partial charge is 0.295 e. The van der Waals surface area contributed by atoms with Crippen molar-refractivity contribution in [1.82, 2.24) is 19.2 Å². The minimum absolute atomic E-state index is 0.0568. The van der Waals surface area contributed by atoms with Crippen LogP contribution in [0.15, 0.2) is 59.4 Å². The molecule has 2 heterocycles. The van der Waals surface area contributed by atoms with Crippen molar-refractivity contribution in [1.29, 1.82) is 0 Å². The second-order valence-corrected chi connectivity index (χ2v) is 9.05. The molecule has 0 saturated carbocycles. The summed E-state index contributed by atoms with van der Waals surface area (Å²) in [4.78, 5) is 42.9. The Balaban J connectivity index is 1.36. The van der Waals surface area contributed by atoms with E-state index in [9.17, 15) is 14.4 Å². The van der Waals surface area contributed by atoms with Crippen molar-refractivity contribution >= 4 is 17.5 Å². The van der Waals surface area contributed by atoms with Gasteiger partial charge in [-0.3, -0.25) is 24.0 Å². The van der Waals surface area contributed by atoms with E-state index in [4.69, 9.17) is 4.74 Å². The number of aromatic nitrogens is 2. The summed E-state index contributed by atoms with van der Waals surface area (Å²) >= 11 is 0. The zero-order valence-electron chi connectivity index (χ0n) is 21.2. The molecule has 1 aromatic heterocycles. The molecule has 0 radical (unpaired) electrons. The number of carbonyl (C=O) groups excluding carboxylic acids is 2. The van der Waals surface area contributed by atoms with E-state index in [0.29, 0.717) is 38.3 Å². The third-order valence-electron chi connectivity index (χ3n) is 6.89. The third kappa shape index (κ3) is 5.21. The predicted octanol–water partition coefficient (Wildman–Crippen LogP) is 2.21. The Morgan fingerprint density at radius 2 is 1.72 bits per heavy atom. The van der Waals surface area contributed by atoms with Crippen molar-refractivity contribution in [3.05, 3.63) is 76.2 Å². The van der Waals surface area contributed by atoms with Gasteiger partial charge in [-0.1, -0.05) is 30.3 Å². The summed E-state index contributed by atoms with van der Waals surface area (Å²) in [7, 11) is 3.40. The van der Waals surface area contributed by atoms with Crippen LogP contribution in [-0.4, -0.2) is 70.3 Å². The second kappa shape index (κ2) is 10.8. The number of anilines is 1. The normalized spacial score (nSPS) is 14.9. The molecule has 9 nitrogen and oxygen atoms in total. The maximum atomic E-state index is 13.1. The molecule has 1 unspecified atom stereocenters. The molecule has 1 fully saturated rings. The number of ether oxygens (including phenoxy) is 1. The van der Waals surface area contributed by atoms with Gasteiger partial charge in [-0.2, -0.15) is 0 Å². The molecule has 1 aliphatic rings. The van der Waals surface area contributed by atoms with Gasteiger partial charge in [0.15, 0.2) is 0 Å². The van der Waals surface area contributed by atoms with Crippen molar-refractivity contribution in [2.45, 2.75) is 26.3 Å². The SMILES string of the molecule is COc1cccc(CC(=O)N2CCN(C(C)C(=O)Nc3c(C)n(C)n(-c4ccccc4)c3=O)CC2)c1. The standard InChI is InChI=1S/C27H33N5O4/c1-19-25(27(35)32(29(19)3)22-10-6-5-7-11-22)28-26(34)20(2)30-13-15-31(16-14-30)24(33)18-21-9-8-12-23(17-21)36-4/h5-12,17,20H,13-16,18H2,1-4H3,(H,28,34). The van der Waals surface area contributed by atoms with Gasteiger partial charge < -0.3 is 15.0 Å². The van der Waals surface area contributed by atoms with E-state index in [0.717, 1.165) is 17.0 Å². The topological polar surface area (TPSA) is 88.8 Å². The second-order valence-electron chi connectivity index (χ2n) is 9.05. The predicted molar refractivity (Wildman–Crippen MR) is 139 cm³/mol. The van der Waals surface area contributed by atoms with Crippen LogP contribution in [0.5, 0.6) is 5.75 Å². The number of hydrogen-bond acceptors (Lipinski definition) is 5. The van der Waals surface area contributed by atoms with Crippen molar-refractivity contribution in [2.24, 2.45) is 7.05 Å². The molecule has 9 heteroatoms. The molecule has 4 rings (SSSR count). The van der Waals surface area contributed by atoms with E-state index in [-0.39, 0.29) is 23.1 Å². The minimum Gasteiger partial charge on any atom is -0.497 e. The molecule has 1 atom stereocenters. The van der Waals surface area contributed by atoms with Gasteiger partial charge in [0.25, 0.3) is 5.56 Å². The fraction of sp³-hybridized carbons (Fsp3) is 0.370. The number of hydrogen-bond donors (Lipinski definition) is 1. The summed E-state index contributed by atoms with van der Waals surface area (Å²) in [6, 6.07) is 16.4. The zero-order chi connectivity index (χ0) is 25.8. The van der Waals surface area contributed by atoms with Gasteiger partial charge in [-0.05, 0) is 43.7 Å². The number of methoxy groups -OCH3 is 1. The molecule has 1 N–H and O–H groups in total. The zero-order valence-corrected chi connectivity index (χ0v) is 21.2. The van der Waals surface area contributed by atoms with E-state index in [2.05, 4.69) is 5.32 Å². The van der Waals surface area contributed by atoms with E-state index in [1.54, 1.807) is 23.5 Å². The van der Waals surface area contributed by atoms with Crippen LogP contribution in [0.1, 0.15) is 18.2 Å². The number of nitrogens with one attached hydrogen (secondary N) is 1. The van der Waals surface area contributed by atoms with E-state index < -0.39 is 6.04 Å². The number of piperazine rings is 1. The van der Waals surface area contributed by atoms with Crippen LogP contribution in [0.2, 0.25) is 0 Å². The first-order valence-corrected chi connectivity index (χ1v) is 12.1. The van der Waals surface area contributed by atoms with Gasteiger partial charge in [0.1, 0.15) is 11.4 Å². The number of rotatable bonds is 7. The largest absolute Gasteiger partial charge is 0.497 e. The van der Waals surface area contributed by atoms with Crippen LogP contribution in [0, 0.1) is 6.92 Å². The summed E-state index contributed by atoms with van der Waals surface area (Å²) < 4.78 is 8.53. The van der Waals surface area contributed by atoms with Crippen LogP contribution in [0.25, 0.3) is 5.69 Å². The highest BCUT2D eigenvalue weighted by Gasteiger charge is 2.29. The molecule has 2 aromatic carbocycles. The van der Waals surface area contributed by atoms with Gasteiger partial charge in [-0.25, -0.2) is 4.68 Å². The van der Waals surface area contributed by atoms with Crippen LogP contribution >= 0.6 is 0 Å². The number of para-hydroxylation sites is 1. The Hall–Kier alpha value is -3.85. The van der Waals surface area contributed by atoms with Crippen LogP contribution in [-0.2, 0) is 23.1 Å². The first kappa shape index (κ1) is 25.2. The first-order valence-electron chi connectivity index (χ1n) is 12.1. The Labute approximate surface area is 210 Å². The van der Waals surface area contributed by atoms with Crippen LogP contribution in [0.3, 0.4) is 0 Å². The number of nitrogens with zero attached hydrogens (tertiary/aromatic N) is 4. The fourth-order valence-electron chi connectivity index (χ4n) is 4.53.